The molecule has 0 aliphatic heterocycles. The summed E-state index contributed by atoms with van der Waals surface area (Å²) in [6.07, 6.45) is 0.260. The van der Waals surface area contributed by atoms with E-state index >= 15 is 0 Å². The van der Waals surface area contributed by atoms with E-state index in [0.29, 0.717) is 15.8 Å². The van der Waals surface area contributed by atoms with Crippen molar-refractivity contribution in [3.05, 3.63) is 63.6 Å². The molecule has 1 unspecified atom stereocenters. The first-order valence-electron chi connectivity index (χ1n) is 6.87. The Labute approximate surface area is 140 Å². The molecular weight excluding hydrogens is 321 g/mol. The van der Waals surface area contributed by atoms with Gasteiger partial charge in [0.25, 0.3) is 0 Å². The minimum Gasteiger partial charge on any atom is -0.496 e. The van der Waals surface area contributed by atoms with Gasteiger partial charge in [0.15, 0.2) is 0 Å². The number of halogens is 2. The number of para-hydroxylation sites is 1. The summed E-state index contributed by atoms with van der Waals surface area (Å²) in [7, 11) is 1.59. The van der Waals surface area contributed by atoms with Crippen molar-refractivity contribution in [2.45, 2.75) is 19.4 Å². The quantitative estimate of drug-likeness (QED) is 0.876. The average Bonchev–Trinajstić information content (AvgIpc) is 2.50. The van der Waals surface area contributed by atoms with Crippen molar-refractivity contribution in [2.75, 3.05) is 7.11 Å². The predicted octanol–water partition coefficient (Wildman–Crippen LogP) is 4.42. The molecule has 1 amide bonds. The molecule has 116 valence electrons. The lowest BCUT2D eigenvalue weighted by Gasteiger charge is -2.16. The van der Waals surface area contributed by atoms with Gasteiger partial charge < -0.3 is 10.1 Å². The second-order valence-corrected chi connectivity index (χ2v) is 5.77. The van der Waals surface area contributed by atoms with Gasteiger partial charge in [0.05, 0.1) is 29.6 Å². The second-order valence-electron chi connectivity index (χ2n) is 4.95. The maximum absolute atomic E-state index is 12.2. The Kier molecular flexibility index (Phi) is 5.69. The van der Waals surface area contributed by atoms with E-state index in [1.54, 1.807) is 19.2 Å². The first-order chi connectivity index (χ1) is 10.5. The van der Waals surface area contributed by atoms with E-state index in [1.807, 2.05) is 37.3 Å². The number of carbonyl (C=O) groups is 1. The largest absolute Gasteiger partial charge is 0.496 e. The van der Waals surface area contributed by atoms with E-state index in [4.69, 9.17) is 27.9 Å². The normalized spacial score (nSPS) is 11.8. The Bertz CT molecular complexity index is 673. The van der Waals surface area contributed by atoms with Crippen LogP contribution in [0.3, 0.4) is 0 Å². The molecule has 2 aromatic rings. The number of methoxy groups -OCH3 is 1. The van der Waals surface area contributed by atoms with Gasteiger partial charge >= 0.3 is 0 Å². The third kappa shape index (κ3) is 4.15. The van der Waals surface area contributed by atoms with Gasteiger partial charge in [-0.2, -0.15) is 0 Å². The molecule has 0 heterocycles. The molecule has 2 rings (SSSR count). The molecule has 0 spiro atoms. The molecule has 0 bridgehead atoms. The molecule has 0 saturated carbocycles. The molecule has 1 atom stereocenters. The van der Waals surface area contributed by atoms with Gasteiger partial charge in [-0.15, -0.1) is 0 Å². The molecule has 0 saturated heterocycles. The van der Waals surface area contributed by atoms with Gasteiger partial charge in [0.2, 0.25) is 5.91 Å². The smallest absolute Gasteiger partial charge is 0.225 e. The van der Waals surface area contributed by atoms with Gasteiger partial charge in [0, 0.05) is 5.56 Å². The van der Waals surface area contributed by atoms with Crippen molar-refractivity contribution in [1.29, 1.82) is 0 Å². The Morgan fingerprint density at radius 3 is 2.59 bits per heavy atom. The summed E-state index contributed by atoms with van der Waals surface area (Å²) in [5, 5.41) is 3.92. The molecule has 5 heteroatoms. The zero-order valence-corrected chi connectivity index (χ0v) is 13.9. The summed E-state index contributed by atoms with van der Waals surface area (Å²) in [4.78, 5) is 12.2. The standard InChI is InChI=1S/C17H17Cl2NO2/c1-11(12-7-8-14(18)15(19)9-12)20-17(21)10-13-5-3-4-6-16(13)22-2/h3-9,11H,10H2,1-2H3,(H,20,21). The van der Waals surface area contributed by atoms with Crippen LogP contribution in [-0.2, 0) is 11.2 Å². The van der Waals surface area contributed by atoms with Crippen LogP contribution in [0.4, 0.5) is 0 Å². The zero-order valence-electron chi connectivity index (χ0n) is 12.4. The molecular formula is C17H17Cl2NO2. The summed E-state index contributed by atoms with van der Waals surface area (Å²) in [6, 6.07) is 12.7. The van der Waals surface area contributed by atoms with Crippen LogP contribution in [0.1, 0.15) is 24.1 Å². The van der Waals surface area contributed by atoms with Gasteiger partial charge in [0.1, 0.15) is 5.75 Å². The number of rotatable bonds is 5. The van der Waals surface area contributed by atoms with Gasteiger partial charge in [-0.05, 0) is 30.7 Å². The first-order valence-corrected chi connectivity index (χ1v) is 7.63. The molecule has 0 aliphatic carbocycles. The van der Waals surface area contributed by atoms with Crippen LogP contribution in [0.2, 0.25) is 10.0 Å². The van der Waals surface area contributed by atoms with Crippen LogP contribution in [0, 0.1) is 0 Å². The summed E-state index contributed by atoms with van der Waals surface area (Å²) < 4.78 is 5.25. The SMILES string of the molecule is COc1ccccc1CC(=O)NC(C)c1ccc(Cl)c(Cl)c1. The molecule has 22 heavy (non-hydrogen) atoms. The predicted molar refractivity (Wildman–Crippen MR) is 89.7 cm³/mol. The Morgan fingerprint density at radius 2 is 1.91 bits per heavy atom. The summed E-state index contributed by atoms with van der Waals surface area (Å²) >= 11 is 11.9. The Hall–Kier alpha value is -1.71. The monoisotopic (exact) mass is 337 g/mol. The maximum Gasteiger partial charge on any atom is 0.225 e. The van der Waals surface area contributed by atoms with Crippen LogP contribution >= 0.6 is 23.2 Å². The molecule has 0 fully saturated rings. The van der Waals surface area contributed by atoms with Crippen molar-refractivity contribution in [1.82, 2.24) is 5.32 Å². The van der Waals surface area contributed by atoms with Crippen molar-refractivity contribution in [3.8, 4) is 5.75 Å². The zero-order chi connectivity index (χ0) is 16.1. The van der Waals surface area contributed by atoms with Gasteiger partial charge in [-0.3, -0.25) is 4.79 Å². The molecule has 0 aliphatic rings. The fraction of sp³-hybridized carbons (Fsp3) is 0.235. The number of nitrogens with one attached hydrogen (secondary N) is 1. The van der Waals surface area contributed by atoms with Crippen molar-refractivity contribution in [2.24, 2.45) is 0 Å². The number of ether oxygens (including phenoxy) is 1. The molecule has 0 aromatic heterocycles. The van der Waals surface area contributed by atoms with Crippen molar-refractivity contribution in [3.63, 3.8) is 0 Å². The molecule has 3 nitrogen and oxygen atoms in total. The van der Waals surface area contributed by atoms with Crippen LogP contribution in [0.5, 0.6) is 5.75 Å². The number of hydrogen-bond donors (Lipinski definition) is 1. The highest BCUT2D eigenvalue weighted by molar-refractivity contribution is 6.42. The van der Waals surface area contributed by atoms with E-state index < -0.39 is 0 Å². The second kappa shape index (κ2) is 7.52. The molecule has 0 radical (unpaired) electrons. The average molecular weight is 338 g/mol. The summed E-state index contributed by atoms with van der Waals surface area (Å²) in [5.74, 6) is 0.628. The lowest BCUT2D eigenvalue weighted by atomic mass is 10.1. The van der Waals surface area contributed by atoms with Crippen molar-refractivity contribution >= 4 is 29.1 Å². The number of amides is 1. The lowest BCUT2D eigenvalue weighted by molar-refractivity contribution is -0.121. The number of benzene rings is 2. The first kappa shape index (κ1) is 16.7. The Morgan fingerprint density at radius 1 is 1.18 bits per heavy atom. The number of carbonyl (C=O) groups excluding carboxylic acids is 1. The van der Waals surface area contributed by atoms with E-state index in [1.165, 1.54) is 0 Å². The van der Waals surface area contributed by atoms with E-state index in [9.17, 15) is 4.79 Å². The fourth-order valence-electron chi connectivity index (χ4n) is 2.18. The Balaban J connectivity index is 2.03. The third-order valence-electron chi connectivity index (χ3n) is 3.36. The van der Waals surface area contributed by atoms with Crippen LogP contribution < -0.4 is 10.1 Å². The summed E-state index contributed by atoms with van der Waals surface area (Å²) in [5.41, 5.74) is 1.76. The van der Waals surface area contributed by atoms with E-state index in [0.717, 1.165) is 11.1 Å². The molecule has 2 aromatic carbocycles. The third-order valence-corrected chi connectivity index (χ3v) is 4.10. The van der Waals surface area contributed by atoms with E-state index in [-0.39, 0.29) is 18.4 Å². The fourth-order valence-corrected chi connectivity index (χ4v) is 2.49. The van der Waals surface area contributed by atoms with Crippen LogP contribution in [0.15, 0.2) is 42.5 Å². The maximum atomic E-state index is 12.2. The van der Waals surface area contributed by atoms with Gasteiger partial charge in [-0.1, -0.05) is 47.5 Å². The molecule has 1 N–H and O–H groups in total. The highest BCUT2D eigenvalue weighted by atomic mass is 35.5. The topological polar surface area (TPSA) is 38.3 Å². The highest BCUT2D eigenvalue weighted by Gasteiger charge is 2.13. The minimum absolute atomic E-state index is 0.0805. The van der Waals surface area contributed by atoms with Crippen LogP contribution in [0.25, 0.3) is 0 Å². The summed E-state index contributed by atoms with van der Waals surface area (Å²) in [6.45, 7) is 1.90. The number of hydrogen-bond acceptors (Lipinski definition) is 2. The van der Waals surface area contributed by atoms with Crippen molar-refractivity contribution < 1.29 is 9.53 Å². The van der Waals surface area contributed by atoms with E-state index in [2.05, 4.69) is 5.32 Å². The van der Waals surface area contributed by atoms with Gasteiger partial charge in [-0.25, -0.2) is 0 Å². The minimum atomic E-state index is -0.156. The van der Waals surface area contributed by atoms with Crippen LogP contribution in [-0.4, -0.2) is 13.0 Å². The lowest BCUT2D eigenvalue weighted by Crippen LogP contribution is -2.28. The highest BCUT2D eigenvalue weighted by Crippen LogP contribution is 2.25.